The maximum absolute atomic E-state index is 6.30. The van der Waals surface area contributed by atoms with Crippen LogP contribution < -0.4 is 5.73 Å². The van der Waals surface area contributed by atoms with Gasteiger partial charge in [-0.25, -0.2) is 0 Å². The molecule has 1 fully saturated rings. The molecule has 0 bridgehead atoms. The second kappa shape index (κ2) is 5.85. The Morgan fingerprint density at radius 1 is 1.47 bits per heavy atom. The first-order chi connectivity index (χ1) is 8.24. The van der Waals surface area contributed by atoms with E-state index in [1.807, 2.05) is 6.07 Å². The minimum absolute atomic E-state index is 0.557. The lowest BCUT2D eigenvalue weighted by Gasteiger charge is -2.23. The van der Waals surface area contributed by atoms with Gasteiger partial charge >= 0.3 is 0 Å². The first-order valence-corrected chi connectivity index (χ1v) is 6.83. The van der Waals surface area contributed by atoms with E-state index in [4.69, 9.17) is 17.3 Å². The fourth-order valence-electron chi connectivity index (χ4n) is 2.63. The van der Waals surface area contributed by atoms with E-state index >= 15 is 0 Å². The number of hydrogen-bond acceptors (Lipinski definition) is 2. The van der Waals surface area contributed by atoms with Gasteiger partial charge in [0.15, 0.2) is 0 Å². The summed E-state index contributed by atoms with van der Waals surface area (Å²) in [6, 6.07) is 6.93. The molecule has 1 unspecified atom stereocenters. The van der Waals surface area contributed by atoms with E-state index in [2.05, 4.69) is 24.0 Å². The van der Waals surface area contributed by atoms with Crippen molar-refractivity contribution in [3.63, 3.8) is 0 Å². The van der Waals surface area contributed by atoms with Crippen LogP contribution in [0.5, 0.6) is 0 Å². The molecule has 94 valence electrons. The van der Waals surface area contributed by atoms with E-state index in [0.29, 0.717) is 6.54 Å². The van der Waals surface area contributed by atoms with Crippen molar-refractivity contribution in [1.29, 1.82) is 0 Å². The number of nitrogens with two attached hydrogens (primary N) is 1. The monoisotopic (exact) mass is 252 g/mol. The summed E-state index contributed by atoms with van der Waals surface area (Å²) in [7, 11) is 0. The lowest BCUT2D eigenvalue weighted by Crippen LogP contribution is -2.28. The smallest absolute Gasteiger partial charge is 0.0454 e. The molecule has 0 aliphatic carbocycles. The van der Waals surface area contributed by atoms with Gasteiger partial charge in [0.25, 0.3) is 0 Å². The molecule has 0 aromatic heterocycles. The van der Waals surface area contributed by atoms with Gasteiger partial charge in [-0.3, -0.25) is 4.90 Å². The summed E-state index contributed by atoms with van der Waals surface area (Å²) >= 11 is 6.30. The first kappa shape index (κ1) is 12.9. The van der Waals surface area contributed by atoms with Crippen LogP contribution in [0, 0.1) is 0 Å². The Kier molecular flexibility index (Phi) is 4.43. The van der Waals surface area contributed by atoms with Crippen molar-refractivity contribution < 1.29 is 0 Å². The highest BCUT2D eigenvalue weighted by molar-refractivity contribution is 6.31. The highest BCUT2D eigenvalue weighted by Gasteiger charge is 2.23. The van der Waals surface area contributed by atoms with Crippen LogP contribution in [0.3, 0.4) is 0 Å². The van der Waals surface area contributed by atoms with Crippen LogP contribution in [-0.2, 0) is 13.1 Å². The van der Waals surface area contributed by atoms with Crippen LogP contribution in [-0.4, -0.2) is 17.5 Å². The van der Waals surface area contributed by atoms with Crippen molar-refractivity contribution in [3.05, 3.63) is 34.3 Å². The van der Waals surface area contributed by atoms with Crippen LogP contribution in [0.25, 0.3) is 0 Å². The van der Waals surface area contributed by atoms with Crippen molar-refractivity contribution in [3.8, 4) is 0 Å². The number of rotatable bonds is 4. The summed E-state index contributed by atoms with van der Waals surface area (Å²) in [4.78, 5) is 2.54. The van der Waals surface area contributed by atoms with Crippen molar-refractivity contribution in [2.24, 2.45) is 5.73 Å². The molecule has 17 heavy (non-hydrogen) atoms. The molecule has 0 spiro atoms. The summed E-state index contributed by atoms with van der Waals surface area (Å²) in [5, 5.41) is 0.856. The van der Waals surface area contributed by atoms with Crippen molar-refractivity contribution in [2.75, 3.05) is 6.54 Å². The predicted octanol–water partition coefficient (Wildman–Crippen LogP) is 3.17. The van der Waals surface area contributed by atoms with Gasteiger partial charge in [-0.15, -0.1) is 0 Å². The van der Waals surface area contributed by atoms with Crippen LogP contribution in [0.1, 0.15) is 37.3 Å². The fourth-order valence-corrected chi connectivity index (χ4v) is 2.89. The lowest BCUT2D eigenvalue weighted by atomic mass is 10.1. The van der Waals surface area contributed by atoms with Crippen molar-refractivity contribution in [2.45, 2.75) is 45.3 Å². The van der Waals surface area contributed by atoms with Crippen molar-refractivity contribution >= 4 is 11.6 Å². The van der Waals surface area contributed by atoms with E-state index in [1.54, 1.807) is 0 Å². The van der Waals surface area contributed by atoms with Gasteiger partial charge in [-0.05, 0) is 43.0 Å². The molecule has 0 amide bonds. The maximum Gasteiger partial charge on any atom is 0.0454 e. The van der Waals surface area contributed by atoms with Gasteiger partial charge < -0.3 is 5.73 Å². The first-order valence-electron chi connectivity index (χ1n) is 6.46. The molecular formula is C14H21ClN2. The molecule has 1 atom stereocenters. The van der Waals surface area contributed by atoms with E-state index in [1.165, 1.54) is 31.4 Å². The average Bonchev–Trinajstić information content (AvgIpc) is 2.79. The van der Waals surface area contributed by atoms with Gasteiger partial charge in [-0.1, -0.05) is 30.7 Å². The van der Waals surface area contributed by atoms with Crippen LogP contribution in [0.15, 0.2) is 18.2 Å². The van der Waals surface area contributed by atoms with Crippen LogP contribution >= 0.6 is 11.6 Å². The van der Waals surface area contributed by atoms with Gasteiger partial charge in [0.2, 0.25) is 0 Å². The highest BCUT2D eigenvalue weighted by Crippen LogP contribution is 2.25. The number of likely N-dealkylation sites (tertiary alicyclic amines) is 1. The summed E-state index contributed by atoms with van der Waals surface area (Å²) < 4.78 is 0. The summed E-state index contributed by atoms with van der Waals surface area (Å²) in [6.45, 7) is 5.00. The minimum Gasteiger partial charge on any atom is -0.326 e. The van der Waals surface area contributed by atoms with Crippen molar-refractivity contribution in [1.82, 2.24) is 4.90 Å². The Hall–Kier alpha value is -0.570. The zero-order chi connectivity index (χ0) is 12.3. The normalized spacial score (nSPS) is 21.0. The summed E-state index contributed by atoms with van der Waals surface area (Å²) in [5.41, 5.74) is 7.94. The average molecular weight is 253 g/mol. The zero-order valence-corrected chi connectivity index (χ0v) is 11.2. The third-order valence-corrected chi connectivity index (χ3v) is 4.05. The van der Waals surface area contributed by atoms with E-state index in [-0.39, 0.29) is 0 Å². The second-order valence-electron chi connectivity index (χ2n) is 4.80. The Balaban J connectivity index is 2.08. The maximum atomic E-state index is 6.30. The van der Waals surface area contributed by atoms with Crippen LogP contribution in [0.4, 0.5) is 0 Å². The van der Waals surface area contributed by atoms with E-state index < -0.39 is 0 Å². The standard InChI is InChI=1S/C14H21ClN2/c1-2-13-4-3-7-17(13)10-12-6-5-11(9-16)8-14(12)15/h5-6,8,13H,2-4,7,9-10,16H2,1H3. The molecule has 0 saturated carbocycles. The molecule has 2 rings (SSSR count). The number of benzene rings is 1. The Morgan fingerprint density at radius 3 is 2.94 bits per heavy atom. The predicted molar refractivity (Wildman–Crippen MR) is 73.1 cm³/mol. The summed E-state index contributed by atoms with van der Waals surface area (Å²) in [5.74, 6) is 0. The second-order valence-corrected chi connectivity index (χ2v) is 5.21. The number of halogens is 1. The zero-order valence-electron chi connectivity index (χ0n) is 10.5. The minimum atomic E-state index is 0.557. The number of nitrogens with zero attached hydrogens (tertiary/aromatic N) is 1. The molecule has 1 aromatic rings. The highest BCUT2D eigenvalue weighted by atomic mass is 35.5. The third kappa shape index (κ3) is 3.01. The van der Waals surface area contributed by atoms with E-state index in [9.17, 15) is 0 Å². The Morgan fingerprint density at radius 2 is 2.29 bits per heavy atom. The molecule has 0 radical (unpaired) electrons. The van der Waals surface area contributed by atoms with Crippen LogP contribution in [0.2, 0.25) is 5.02 Å². The molecular weight excluding hydrogens is 232 g/mol. The third-order valence-electron chi connectivity index (χ3n) is 3.70. The largest absolute Gasteiger partial charge is 0.326 e. The van der Waals surface area contributed by atoms with Gasteiger partial charge in [0, 0.05) is 24.2 Å². The topological polar surface area (TPSA) is 29.3 Å². The number of hydrogen-bond donors (Lipinski definition) is 1. The molecule has 1 aromatic carbocycles. The summed E-state index contributed by atoms with van der Waals surface area (Å²) in [6.07, 6.45) is 3.88. The fraction of sp³-hybridized carbons (Fsp3) is 0.571. The van der Waals surface area contributed by atoms with Gasteiger partial charge in [0.05, 0.1) is 0 Å². The molecule has 1 saturated heterocycles. The van der Waals surface area contributed by atoms with Gasteiger partial charge in [-0.2, -0.15) is 0 Å². The molecule has 2 nitrogen and oxygen atoms in total. The lowest BCUT2D eigenvalue weighted by molar-refractivity contribution is 0.240. The molecule has 3 heteroatoms. The molecule has 1 heterocycles. The molecule has 1 aliphatic rings. The quantitative estimate of drug-likeness (QED) is 0.892. The Labute approximate surface area is 109 Å². The van der Waals surface area contributed by atoms with Gasteiger partial charge in [0.1, 0.15) is 0 Å². The van der Waals surface area contributed by atoms with E-state index in [0.717, 1.165) is 23.2 Å². The SMILES string of the molecule is CCC1CCCN1Cc1ccc(CN)cc1Cl. The molecule has 1 aliphatic heterocycles. The molecule has 2 N–H and O–H groups in total. The Bertz CT molecular complexity index is 378.